The summed E-state index contributed by atoms with van der Waals surface area (Å²) in [4.78, 5) is 0. The van der Waals surface area contributed by atoms with E-state index < -0.39 is 7.53 Å². The predicted molar refractivity (Wildman–Crippen MR) is 163 cm³/mol. The monoisotopic (exact) mass is 486 g/mol. The van der Waals surface area contributed by atoms with Crippen molar-refractivity contribution in [1.29, 1.82) is 0 Å². The van der Waals surface area contributed by atoms with Crippen LogP contribution in [0.25, 0.3) is 70.1 Å². The normalized spacial score (nSPS) is 11.8. The number of fused-ring (bicyclic) bond motifs is 3. The lowest BCUT2D eigenvalue weighted by Gasteiger charge is -2.12. The minimum Gasteiger partial charge on any atom is -0.0759 e. The molecule has 0 atom stereocenters. The fraction of sp³-hybridized carbons (Fsp3) is 0. The highest BCUT2D eigenvalue weighted by atomic mass is 31.1. The Hall–Kier alpha value is -4.38. The van der Waals surface area contributed by atoms with Crippen molar-refractivity contribution in [3.05, 3.63) is 140 Å². The van der Waals surface area contributed by atoms with E-state index in [2.05, 4.69) is 140 Å². The molecular weight excluding hydrogens is 463 g/mol. The topological polar surface area (TPSA) is 0 Å². The standard InChI is InChI=1S/C36H23P/c1-4-12-24(13-5-1)27-20-22-31-29-18-10-11-19-30(29)32-23-21-28(25-14-6-2-7-15-25)36-34(32)33(31)35(27)37(36)26-16-8-3-9-17-26/h1-23H. The molecule has 0 nitrogen and oxygen atoms in total. The highest BCUT2D eigenvalue weighted by Crippen LogP contribution is 2.63. The van der Waals surface area contributed by atoms with Gasteiger partial charge in [-0.25, -0.2) is 0 Å². The van der Waals surface area contributed by atoms with Crippen molar-refractivity contribution in [2.75, 3.05) is 0 Å². The molecule has 0 aliphatic carbocycles. The average molecular weight is 487 g/mol. The Morgan fingerprint density at radius 1 is 0.324 bits per heavy atom. The summed E-state index contributed by atoms with van der Waals surface area (Å²) in [5, 5.41) is 12.7. The molecule has 0 unspecified atom stereocenters. The summed E-state index contributed by atoms with van der Waals surface area (Å²) in [6.07, 6.45) is 0. The van der Waals surface area contributed by atoms with Gasteiger partial charge >= 0.3 is 0 Å². The first-order valence-corrected chi connectivity index (χ1v) is 14.1. The number of hydrogen-bond acceptors (Lipinski definition) is 0. The smallest absolute Gasteiger partial charge is 0.0153 e. The third-order valence-corrected chi connectivity index (χ3v) is 10.4. The van der Waals surface area contributed by atoms with Gasteiger partial charge in [0.15, 0.2) is 0 Å². The molecule has 0 amide bonds. The molecule has 0 radical (unpaired) electrons. The van der Waals surface area contributed by atoms with E-state index in [1.807, 2.05) is 0 Å². The molecule has 1 heteroatoms. The van der Waals surface area contributed by atoms with Crippen LogP contribution in [0.3, 0.4) is 0 Å². The summed E-state index contributed by atoms with van der Waals surface area (Å²) in [7, 11) is -0.756. The number of hydrogen-bond donors (Lipinski definition) is 0. The summed E-state index contributed by atoms with van der Waals surface area (Å²) in [6.45, 7) is 0. The van der Waals surface area contributed by atoms with Crippen LogP contribution in [0.4, 0.5) is 0 Å². The Balaban J connectivity index is 1.71. The van der Waals surface area contributed by atoms with Gasteiger partial charge in [0.25, 0.3) is 0 Å². The zero-order valence-corrected chi connectivity index (χ0v) is 21.1. The van der Waals surface area contributed by atoms with Gasteiger partial charge in [0.1, 0.15) is 0 Å². The molecule has 172 valence electrons. The van der Waals surface area contributed by atoms with Crippen LogP contribution < -0.4 is 0 Å². The second kappa shape index (κ2) is 8.07. The third kappa shape index (κ3) is 2.97. The Morgan fingerprint density at radius 3 is 1.19 bits per heavy atom. The molecule has 0 aliphatic heterocycles. The minimum atomic E-state index is -0.756. The van der Waals surface area contributed by atoms with Gasteiger partial charge in [-0.2, -0.15) is 0 Å². The van der Waals surface area contributed by atoms with E-state index in [1.54, 1.807) is 0 Å². The molecule has 0 saturated carbocycles. The van der Waals surface area contributed by atoms with Crippen LogP contribution >= 0.6 is 7.53 Å². The second-order valence-electron chi connectivity index (χ2n) is 9.72. The fourth-order valence-electron chi connectivity index (χ4n) is 6.20. The van der Waals surface area contributed by atoms with Crippen LogP contribution in [-0.2, 0) is 0 Å². The SMILES string of the molecule is c1ccc(-c2ccc3c4ccccc4c4ccc(-c5ccccc5)c5c4c3c2p5-c2ccccc2)cc1. The van der Waals surface area contributed by atoms with E-state index in [-0.39, 0.29) is 0 Å². The van der Waals surface area contributed by atoms with Crippen molar-refractivity contribution in [2.24, 2.45) is 0 Å². The van der Waals surface area contributed by atoms with Gasteiger partial charge in [0, 0.05) is 21.0 Å². The summed E-state index contributed by atoms with van der Waals surface area (Å²) < 4.78 is 0. The molecule has 0 fully saturated rings. The first-order valence-electron chi connectivity index (χ1n) is 12.8. The van der Waals surface area contributed by atoms with Crippen molar-refractivity contribution >= 4 is 50.1 Å². The van der Waals surface area contributed by atoms with Gasteiger partial charge in [-0.3, -0.25) is 0 Å². The minimum absolute atomic E-state index is 0.756. The highest BCUT2D eigenvalue weighted by Gasteiger charge is 2.25. The van der Waals surface area contributed by atoms with Gasteiger partial charge in [-0.1, -0.05) is 147 Å². The molecule has 0 aliphatic rings. The summed E-state index contributed by atoms with van der Waals surface area (Å²) in [5.41, 5.74) is 5.29. The zero-order valence-electron chi connectivity index (χ0n) is 20.2. The lowest BCUT2D eigenvalue weighted by atomic mass is 9.90. The Bertz CT molecular complexity index is 1920. The van der Waals surface area contributed by atoms with E-state index in [9.17, 15) is 0 Å². The fourth-order valence-corrected chi connectivity index (χ4v) is 9.21. The van der Waals surface area contributed by atoms with E-state index in [1.165, 1.54) is 70.1 Å². The Morgan fingerprint density at radius 2 is 0.730 bits per heavy atom. The number of benzene rings is 7. The molecule has 1 aromatic heterocycles. The summed E-state index contributed by atoms with van der Waals surface area (Å²) >= 11 is 0. The molecular formula is C36H23P. The van der Waals surface area contributed by atoms with Crippen molar-refractivity contribution in [3.8, 4) is 27.6 Å². The van der Waals surface area contributed by atoms with Crippen molar-refractivity contribution in [1.82, 2.24) is 0 Å². The molecule has 7 aromatic carbocycles. The van der Waals surface area contributed by atoms with E-state index in [0.717, 1.165) is 0 Å². The van der Waals surface area contributed by atoms with Crippen LogP contribution in [0.15, 0.2) is 140 Å². The van der Waals surface area contributed by atoms with Crippen LogP contribution in [0.5, 0.6) is 0 Å². The van der Waals surface area contributed by atoms with Gasteiger partial charge in [0.05, 0.1) is 0 Å². The number of rotatable bonds is 3. The second-order valence-corrected chi connectivity index (χ2v) is 11.8. The van der Waals surface area contributed by atoms with E-state index in [4.69, 9.17) is 0 Å². The molecule has 8 rings (SSSR count). The maximum atomic E-state index is 2.37. The summed E-state index contributed by atoms with van der Waals surface area (Å²) in [5.74, 6) is 0. The lowest BCUT2D eigenvalue weighted by Crippen LogP contribution is -1.85. The maximum absolute atomic E-state index is 2.37. The van der Waals surface area contributed by atoms with Crippen LogP contribution in [-0.4, -0.2) is 0 Å². The van der Waals surface area contributed by atoms with Gasteiger partial charge in [0.2, 0.25) is 0 Å². The molecule has 37 heavy (non-hydrogen) atoms. The molecule has 1 heterocycles. The van der Waals surface area contributed by atoms with E-state index in [0.29, 0.717) is 0 Å². The molecule has 0 saturated heterocycles. The Labute approximate surface area is 216 Å². The predicted octanol–water partition coefficient (Wildman–Crippen LogP) is 11.0. The molecule has 0 bridgehead atoms. The van der Waals surface area contributed by atoms with Crippen LogP contribution in [0.2, 0.25) is 0 Å². The average Bonchev–Trinajstić information content (AvgIpc) is 3.34. The Kier molecular flexibility index (Phi) is 4.53. The van der Waals surface area contributed by atoms with E-state index >= 15 is 0 Å². The van der Waals surface area contributed by atoms with Gasteiger partial charge in [-0.05, 0) is 49.1 Å². The quantitative estimate of drug-likeness (QED) is 0.218. The van der Waals surface area contributed by atoms with Gasteiger partial charge < -0.3 is 0 Å². The summed E-state index contributed by atoms with van der Waals surface area (Å²) in [6, 6.07) is 51.5. The zero-order chi connectivity index (χ0) is 24.3. The largest absolute Gasteiger partial charge is 0.0759 e. The first-order chi connectivity index (χ1) is 18.4. The molecule has 0 spiro atoms. The van der Waals surface area contributed by atoms with Crippen LogP contribution in [0, 0.1) is 0 Å². The lowest BCUT2D eigenvalue weighted by molar-refractivity contribution is 1.68. The van der Waals surface area contributed by atoms with Crippen molar-refractivity contribution in [3.63, 3.8) is 0 Å². The van der Waals surface area contributed by atoms with Gasteiger partial charge in [-0.15, -0.1) is 0 Å². The van der Waals surface area contributed by atoms with Crippen LogP contribution in [0.1, 0.15) is 0 Å². The molecule has 8 aromatic rings. The van der Waals surface area contributed by atoms with Crippen molar-refractivity contribution < 1.29 is 0 Å². The first kappa shape index (κ1) is 20.8. The maximum Gasteiger partial charge on any atom is 0.0153 e. The van der Waals surface area contributed by atoms with Crippen molar-refractivity contribution in [2.45, 2.75) is 0 Å². The molecule has 0 N–H and O–H groups in total. The third-order valence-electron chi connectivity index (χ3n) is 7.74. The highest BCUT2D eigenvalue weighted by molar-refractivity contribution is 7.68.